The number of benzene rings is 3. The van der Waals surface area contributed by atoms with Gasteiger partial charge in [0.1, 0.15) is 5.01 Å². The number of thiazole rings is 1. The van der Waals surface area contributed by atoms with Crippen LogP contribution in [-0.2, 0) is 6.54 Å². The van der Waals surface area contributed by atoms with Crippen LogP contribution in [0.3, 0.4) is 0 Å². The van der Waals surface area contributed by atoms with E-state index in [2.05, 4.69) is 70.4 Å². The van der Waals surface area contributed by atoms with E-state index in [1.807, 2.05) is 31.2 Å². The lowest BCUT2D eigenvalue weighted by molar-refractivity contribution is 0.0951. The number of nitrogens with one attached hydrogen (secondary N) is 1. The van der Waals surface area contributed by atoms with Gasteiger partial charge in [-0.1, -0.05) is 48.0 Å². The number of hydrogen-bond donors (Lipinski definition) is 1. The Morgan fingerprint density at radius 1 is 0.938 bits per heavy atom. The van der Waals surface area contributed by atoms with Crippen molar-refractivity contribution in [1.82, 2.24) is 10.3 Å². The summed E-state index contributed by atoms with van der Waals surface area (Å²) in [6, 6.07) is 22.8. The molecule has 0 fully saturated rings. The standard InChI is InChI=1S/C27H22N2OS2/c1-17-6-8-20(9-7-17)24-13-22(14-25-23(24)10-11-31-25)26(30)28-15-19-4-3-5-21(12-19)27-29-18(2)16-32-27/h3-14,16H,15H2,1-2H3,(H,28,30). The first-order chi connectivity index (χ1) is 15.6. The summed E-state index contributed by atoms with van der Waals surface area (Å²) in [5, 5.41) is 9.41. The van der Waals surface area contributed by atoms with E-state index in [0.29, 0.717) is 12.1 Å². The predicted molar refractivity (Wildman–Crippen MR) is 135 cm³/mol. The first-order valence-corrected chi connectivity index (χ1v) is 12.2. The molecule has 0 aliphatic heterocycles. The van der Waals surface area contributed by atoms with E-state index in [0.717, 1.165) is 37.7 Å². The molecule has 32 heavy (non-hydrogen) atoms. The van der Waals surface area contributed by atoms with Gasteiger partial charge in [-0.2, -0.15) is 0 Å². The van der Waals surface area contributed by atoms with Gasteiger partial charge in [-0.05, 0) is 60.2 Å². The van der Waals surface area contributed by atoms with Crippen molar-refractivity contribution in [2.75, 3.05) is 0 Å². The number of aryl methyl sites for hydroxylation is 2. The van der Waals surface area contributed by atoms with Crippen LogP contribution in [0.25, 0.3) is 31.8 Å². The van der Waals surface area contributed by atoms with E-state index in [1.165, 1.54) is 10.9 Å². The SMILES string of the molecule is Cc1ccc(-c2cc(C(=O)NCc3cccc(-c4nc(C)cs4)c3)cc3sccc23)cc1. The average molecular weight is 455 g/mol. The zero-order valence-electron chi connectivity index (χ0n) is 17.9. The van der Waals surface area contributed by atoms with E-state index in [-0.39, 0.29) is 5.91 Å². The van der Waals surface area contributed by atoms with Crippen LogP contribution in [-0.4, -0.2) is 10.9 Å². The zero-order chi connectivity index (χ0) is 22.1. The summed E-state index contributed by atoms with van der Waals surface area (Å²) in [5.74, 6) is -0.0656. The highest BCUT2D eigenvalue weighted by Gasteiger charge is 2.13. The molecular weight excluding hydrogens is 432 g/mol. The quantitative estimate of drug-likeness (QED) is 0.304. The molecule has 0 unspecified atom stereocenters. The number of aromatic nitrogens is 1. The Labute approximate surface area is 195 Å². The Morgan fingerprint density at radius 2 is 1.78 bits per heavy atom. The second-order valence-corrected chi connectivity index (χ2v) is 9.71. The molecule has 0 bridgehead atoms. The summed E-state index contributed by atoms with van der Waals surface area (Å²) in [7, 11) is 0. The summed E-state index contributed by atoms with van der Waals surface area (Å²) in [4.78, 5) is 17.6. The van der Waals surface area contributed by atoms with Crippen molar-refractivity contribution in [3.63, 3.8) is 0 Å². The van der Waals surface area contributed by atoms with E-state index in [4.69, 9.17) is 0 Å². The summed E-state index contributed by atoms with van der Waals surface area (Å²) < 4.78 is 1.12. The van der Waals surface area contributed by atoms with Gasteiger partial charge in [0, 0.05) is 38.8 Å². The van der Waals surface area contributed by atoms with Gasteiger partial charge in [0.05, 0.1) is 0 Å². The van der Waals surface area contributed by atoms with Gasteiger partial charge in [0.15, 0.2) is 0 Å². The summed E-state index contributed by atoms with van der Waals surface area (Å²) in [6.45, 7) is 4.55. The van der Waals surface area contributed by atoms with Crippen molar-refractivity contribution < 1.29 is 4.79 Å². The fraction of sp³-hybridized carbons (Fsp3) is 0.111. The molecule has 3 aromatic carbocycles. The number of thiophene rings is 1. The molecule has 0 atom stereocenters. The van der Waals surface area contributed by atoms with Crippen molar-refractivity contribution in [3.8, 4) is 21.7 Å². The Morgan fingerprint density at radius 3 is 2.56 bits per heavy atom. The molecule has 0 spiro atoms. The average Bonchev–Trinajstić information content (AvgIpc) is 3.46. The summed E-state index contributed by atoms with van der Waals surface area (Å²) >= 11 is 3.30. The van der Waals surface area contributed by atoms with Crippen molar-refractivity contribution in [1.29, 1.82) is 0 Å². The number of amides is 1. The molecule has 3 nitrogen and oxygen atoms in total. The molecule has 158 valence electrons. The number of nitrogens with zero attached hydrogens (tertiary/aromatic N) is 1. The molecule has 5 heteroatoms. The number of fused-ring (bicyclic) bond motifs is 1. The van der Waals surface area contributed by atoms with Crippen LogP contribution in [0.5, 0.6) is 0 Å². The van der Waals surface area contributed by atoms with Crippen LogP contribution in [0.15, 0.2) is 77.5 Å². The highest BCUT2D eigenvalue weighted by molar-refractivity contribution is 7.17. The van der Waals surface area contributed by atoms with Gasteiger partial charge >= 0.3 is 0 Å². The lowest BCUT2D eigenvalue weighted by Crippen LogP contribution is -2.22. The minimum Gasteiger partial charge on any atom is -0.348 e. The fourth-order valence-corrected chi connectivity index (χ4v) is 5.41. The monoisotopic (exact) mass is 454 g/mol. The molecule has 0 saturated carbocycles. The van der Waals surface area contributed by atoms with Crippen LogP contribution in [0.2, 0.25) is 0 Å². The Hall–Kier alpha value is -3.28. The highest BCUT2D eigenvalue weighted by atomic mass is 32.1. The normalized spacial score (nSPS) is 11.1. The third-order valence-corrected chi connectivity index (χ3v) is 7.32. The molecule has 0 aliphatic rings. The van der Waals surface area contributed by atoms with Crippen molar-refractivity contribution in [3.05, 3.63) is 99.9 Å². The number of hydrogen-bond acceptors (Lipinski definition) is 4. The van der Waals surface area contributed by atoms with Gasteiger partial charge in [-0.15, -0.1) is 22.7 Å². The van der Waals surface area contributed by atoms with Gasteiger partial charge in [0.2, 0.25) is 0 Å². The third-order valence-electron chi connectivity index (χ3n) is 5.44. The molecule has 5 aromatic rings. The number of rotatable bonds is 5. The van der Waals surface area contributed by atoms with Crippen molar-refractivity contribution >= 4 is 38.7 Å². The minimum absolute atomic E-state index is 0.0656. The van der Waals surface area contributed by atoms with Crippen LogP contribution in [0.4, 0.5) is 0 Å². The molecule has 1 amide bonds. The summed E-state index contributed by atoms with van der Waals surface area (Å²) in [6.07, 6.45) is 0. The molecule has 0 aliphatic carbocycles. The van der Waals surface area contributed by atoms with Crippen LogP contribution >= 0.6 is 22.7 Å². The zero-order valence-corrected chi connectivity index (χ0v) is 19.5. The molecule has 0 saturated heterocycles. The van der Waals surface area contributed by atoms with Gasteiger partial charge in [0.25, 0.3) is 5.91 Å². The Kier molecular flexibility index (Phi) is 5.60. The molecular formula is C27H22N2OS2. The largest absolute Gasteiger partial charge is 0.348 e. The maximum Gasteiger partial charge on any atom is 0.251 e. The second-order valence-electron chi connectivity index (χ2n) is 7.90. The van der Waals surface area contributed by atoms with E-state index < -0.39 is 0 Å². The third kappa shape index (κ3) is 4.22. The van der Waals surface area contributed by atoms with Gasteiger partial charge < -0.3 is 5.32 Å². The molecule has 2 aromatic heterocycles. The molecule has 2 heterocycles. The Bertz CT molecular complexity index is 1410. The van der Waals surface area contributed by atoms with Crippen LogP contribution in [0.1, 0.15) is 27.2 Å². The molecule has 0 radical (unpaired) electrons. The second kappa shape index (κ2) is 8.69. The number of carbonyl (C=O) groups excluding carboxylic acids is 1. The minimum atomic E-state index is -0.0656. The summed E-state index contributed by atoms with van der Waals surface area (Å²) in [5.41, 5.74) is 7.28. The lowest BCUT2D eigenvalue weighted by atomic mass is 9.98. The topological polar surface area (TPSA) is 42.0 Å². The van der Waals surface area contributed by atoms with Crippen LogP contribution in [0, 0.1) is 13.8 Å². The molecule has 1 N–H and O–H groups in total. The maximum atomic E-state index is 13.1. The first-order valence-electron chi connectivity index (χ1n) is 10.4. The highest BCUT2D eigenvalue weighted by Crippen LogP contribution is 2.33. The van der Waals surface area contributed by atoms with Crippen LogP contribution < -0.4 is 5.32 Å². The number of carbonyl (C=O) groups is 1. The van der Waals surface area contributed by atoms with E-state index >= 15 is 0 Å². The maximum absolute atomic E-state index is 13.1. The van der Waals surface area contributed by atoms with Gasteiger partial charge in [-0.25, -0.2) is 4.98 Å². The van der Waals surface area contributed by atoms with Crippen molar-refractivity contribution in [2.45, 2.75) is 20.4 Å². The fourth-order valence-electron chi connectivity index (χ4n) is 3.76. The van der Waals surface area contributed by atoms with E-state index in [1.54, 1.807) is 22.7 Å². The first kappa shape index (κ1) is 20.6. The van der Waals surface area contributed by atoms with Crippen molar-refractivity contribution in [2.24, 2.45) is 0 Å². The smallest absolute Gasteiger partial charge is 0.251 e. The Balaban J connectivity index is 1.39. The predicted octanol–water partition coefficient (Wildman–Crippen LogP) is 7.24. The lowest BCUT2D eigenvalue weighted by Gasteiger charge is -2.10. The van der Waals surface area contributed by atoms with Gasteiger partial charge in [-0.3, -0.25) is 4.79 Å². The van der Waals surface area contributed by atoms with E-state index in [9.17, 15) is 4.79 Å². The molecule has 5 rings (SSSR count).